The maximum absolute atomic E-state index is 13.7. The van der Waals surface area contributed by atoms with E-state index in [0.717, 1.165) is 5.56 Å². The zero-order chi connectivity index (χ0) is 29.8. The molecule has 216 valence electrons. The number of anilines is 3. The molecule has 3 heterocycles. The van der Waals surface area contributed by atoms with Crippen LogP contribution in [0.1, 0.15) is 11.1 Å². The highest BCUT2D eigenvalue weighted by Crippen LogP contribution is 2.31. The van der Waals surface area contributed by atoms with E-state index in [0.29, 0.717) is 33.3 Å². The molecule has 4 N–H and O–H groups in total. The van der Waals surface area contributed by atoms with Crippen molar-refractivity contribution in [1.29, 1.82) is 0 Å². The average Bonchev–Trinajstić information content (AvgIpc) is 3.41. The second-order valence-corrected chi connectivity index (χ2v) is 10.4. The van der Waals surface area contributed by atoms with Gasteiger partial charge in [0, 0.05) is 54.0 Å². The molecule has 0 aliphatic carbocycles. The number of nitrogens with two attached hydrogens (primary N) is 1. The van der Waals surface area contributed by atoms with Crippen LogP contribution in [-0.2, 0) is 16.0 Å². The van der Waals surface area contributed by atoms with Gasteiger partial charge in [-0.15, -0.1) is 5.10 Å². The number of β-amino-alcohol motifs (C(OH)–C–C–N with tert-alkyl or cyclic N) is 1. The third-order valence-electron chi connectivity index (χ3n) is 6.78. The summed E-state index contributed by atoms with van der Waals surface area (Å²) in [7, 11) is 1.62. The molecule has 2 aromatic heterocycles. The van der Waals surface area contributed by atoms with Crippen LogP contribution in [-0.4, -0.2) is 80.4 Å². The summed E-state index contributed by atoms with van der Waals surface area (Å²) in [5, 5.41) is 22.6. The van der Waals surface area contributed by atoms with Gasteiger partial charge in [0.2, 0.25) is 11.8 Å². The smallest absolute Gasteiger partial charge is 0.247 e. The number of carbonyl (C=O) groups is 2. The zero-order valence-electron chi connectivity index (χ0n) is 22.4. The molecule has 4 aromatic rings. The van der Waals surface area contributed by atoms with Crippen molar-refractivity contribution in [3.63, 3.8) is 0 Å². The number of aliphatic imine (C=N–C) groups is 1. The Morgan fingerprint density at radius 3 is 2.69 bits per heavy atom. The van der Waals surface area contributed by atoms with Gasteiger partial charge < -0.3 is 26.0 Å². The largest absolute Gasteiger partial charge is 0.398 e. The highest BCUT2D eigenvalue weighted by molar-refractivity contribution is 6.31. The monoisotopic (exact) mass is 607 g/mol. The summed E-state index contributed by atoms with van der Waals surface area (Å²) in [6, 6.07) is 12.6. The Morgan fingerprint density at radius 2 is 1.98 bits per heavy atom. The van der Waals surface area contributed by atoms with Crippen molar-refractivity contribution in [3.05, 3.63) is 88.4 Å². The molecule has 1 aliphatic rings. The Labute approximate surface area is 251 Å². The molecule has 0 radical (unpaired) electrons. The number of hydrogen-bond acceptors (Lipinski definition) is 9. The molecule has 2 atom stereocenters. The van der Waals surface area contributed by atoms with Crippen LogP contribution in [0.4, 0.5) is 17.1 Å². The standard InChI is InChI=1S/C28H27Cl2N9O3/c1-32-13-18-11-20(3-4-21(18)31)34-28(42)24(10-17-6-8-33-9-7-17)38-16-26(40)37(15-27(38)41)23-12-19(29)2-5-22(23)39-14-25(30)35-36-39/h2-9,11-14,24,26,40H,10,15-16,31H2,1H3,(H,34,42). The van der Waals surface area contributed by atoms with E-state index < -0.39 is 18.2 Å². The lowest BCUT2D eigenvalue weighted by molar-refractivity contribution is -0.142. The second-order valence-electron chi connectivity index (χ2n) is 9.57. The number of benzene rings is 2. The normalized spacial score (nSPS) is 16.2. The third kappa shape index (κ3) is 6.35. The first-order chi connectivity index (χ1) is 20.2. The Hall–Kier alpha value is -4.52. The maximum atomic E-state index is 13.7. The Balaban J connectivity index is 1.43. The summed E-state index contributed by atoms with van der Waals surface area (Å²) in [5.41, 5.74) is 9.43. The number of nitrogens with one attached hydrogen (secondary N) is 1. The van der Waals surface area contributed by atoms with E-state index >= 15 is 0 Å². The molecule has 12 nitrogen and oxygen atoms in total. The zero-order valence-corrected chi connectivity index (χ0v) is 23.9. The molecule has 2 amide bonds. The Morgan fingerprint density at radius 1 is 1.19 bits per heavy atom. The van der Waals surface area contributed by atoms with Gasteiger partial charge in [0.25, 0.3) is 0 Å². The molecule has 5 rings (SSSR count). The molecular weight excluding hydrogens is 581 g/mol. The number of aliphatic hydroxyl groups excluding tert-OH is 1. The van der Waals surface area contributed by atoms with E-state index in [9.17, 15) is 14.7 Å². The first-order valence-corrected chi connectivity index (χ1v) is 13.6. The van der Waals surface area contributed by atoms with Gasteiger partial charge in [0.15, 0.2) is 5.15 Å². The van der Waals surface area contributed by atoms with Gasteiger partial charge in [-0.2, -0.15) is 0 Å². The van der Waals surface area contributed by atoms with E-state index in [2.05, 4.69) is 25.6 Å². The molecule has 14 heteroatoms. The fourth-order valence-corrected chi connectivity index (χ4v) is 5.05. The molecule has 1 aliphatic heterocycles. The van der Waals surface area contributed by atoms with Gasteiger partial charge in [0.1, 0.15) is 12.3 Å². The summed E-state index contributed by atoms with van der Waals surface area (Å²) in [5.74, 6) is -0.793. The average molecular weight is 608 g/mol. The highest BCUT2D eigenvalue weighted by atomic mass is 35.5. The number of halogens is 2. The molecule has 0 bridgehead atoms. The van der Waals surface area contributed by atoms with Crippen molar-refractivity contribution in [2.24, 2.45) is 4.99 Å². The van der Waals surface area contributed by atoms with Crippen molar-refractivity contribution < 1.29 is 14.7 Å². The molecule has 2 aromatic carbocycles. The minimum Gasteiger partial charge on any atom is -0.398 e. The molecule has 42 heavy (non-hydrogen) atoms. The first-order valence-electron chi connectivity index (χ1n) is 12.9. The number of aliphatic hydroxyl groups is 1. The van der Waals surface area contributed by atoms with Crippen LogP contribution in [0.5, 0.6) is 0 Å². The highest BCUT2D eigenvalue weighted by Gasteiger charge is 2.39. The Kier molecular flexibility index (Phi) is 8.67. The number of hydrogen-bond donors (Lipinski definition) is 3. The van der Waals surface area contributed by atoms with E-state index in [1.54, 1.807) is 74.2 Å². The number of pyridine rings is 1. The van der Waals surface area contributed by atoms with E-state index in [-0.39, 0.29) is 30.6 Å². The molecule has 0 spiro atoms. The fraction of sp³-hybridized carbons (Fsp3) is 0.214. The lowest BCUT2D eigenvalue weighted by Crippen LogP contribution is -2.61. The van der Waals surface area contributed by atoms with Crippen LogP contribution in [0.15, 0.2) is 72.1 Å². The summed E-state index contributed by atoms with van der Waals surface area (Å²) in [6.45, 7) is -0.377. The van der Waals surface area contributed by atoms with E-state index in [1.165, 1.54) is 20.7 Å². The van der Waals surface area contributed by atoms with Crippen molar-refractivity contribution >= 4 is 58.3 Å². The quantitative estimate of drug-likeness (QED) is 0.204. The van der Waals surface area contributed by atoms with Crippen molar-refractivity contribution in [1.82, 2.24) is 24.9 Å². The van der Waals surface area contributed by atoms with E-state index in [4.69, 9.17) is 28.9 Å². The number of nitrogens with zero attached hydrogens (tertiary/aromatic N) is 7. The number of carbonyl (C=O) groups excluding carboxylic acids is 2. The van der Waals surface area contributed by atoms with Gasteiger partial charge >= 0.3 is 0 Å². The fourth-order valence-electron chi connectivity index (χ4n) is 4.76. The van der Waals surface area contributed by atoms with Crippen LogP contribution in [0.2, 0.25) is 10.2 Å². The SMILES string of the molecule is CN=Cc1cc(NC(=O)C(Cc2ccncc2)N2CC(O)N(c3cc(Cl)ccc3-n3cc(Cl)nn3)CC2=O)ccc1N. The second kappa shape index (κ2) is 12.6. The molecular formula is C28H27Cl2N9O3. The van der Waals surface area contributed by atoms with Crippen molar-refractivity contribution in [2.45, 2.75) is 18.7 Å². The van der Waals surface area contributed by atoms with Gasteiger partial charge in [-0.05, 0) is 54.1 Å². The molecule has 0 saturated carbocycles. The summed E-state index contributed by atoms with van der Waals surface area (Å²) in [6.07, 6.45) is 5.36. The number of nitrogen functional groups attached to an aromatic ring is 1. The van der Waals surface area contributed by atoms with Gasteiger partial charge in [0.05, 0.1) is 30.7 Å². The molecule has 1 saturated heterocycles. The van der Waals surface area contributed by atoms with E-state index in [1.807, 2.05) is 0 Å². The van der Waals surface area contributed by atoms with Gasteiger partial charge in [-0.3, -0.25) is 19.6 Å². The lowest BCUT2D eigenvalue weighted by atomic mass is 10.0. The number of piperazine rings is 1. The van der Waals surface area contributed by atoms with Crippen molar-refractivity contribution in [3.8, 4) is 5.69 Å². The summed E-state index contributed by atoms with van der Waals surface area (Å²) >= 11 is 12.3. The van der Waals surface area contributed by atoms with Gasteiger partial charge in [-0.1, -0.05) is 28.4 Å². The third-order valence-corrected chi connectivity index (χ3v) is 7.19. The molecule has 1 fully saturated rings. The van der Waals surface area contributed by atoms with Crippen LogP contribution >= 0.6 is 23.2 Å². The maximum Gasteiger partial charge on any atom is 0.247 e. The van der Waals surface area contributed by atoms with Crippen molar-refractivity contribution in [2.75, 3.05) is 36.1 Å². The summed E-state index contributed by atoms with van der Waals surface area (Å²) < 4.78 is 1.43. The number of aromatic nitrogens is 4. The minimum atomic E-state index is -1.17. The Bertz CT molecular complexity index is 1630. The van der Waals surface area contributed by atoms with Crippen LogP contribution in [0.25, 0.3) is 5.69 Å². The number of rotatable bonds is 8. The summed E-state index contributed by atoms with van der Waals surface area (Å²) in [4.78, 5) is 38.4. The minimum absolute atomic E-state index is 0.151. The topological polar surface area (TPSA) is 155 Å². The van der Waals surface area contributed by atoms with Crippen LogP contribution in [0.3, 0.4) is 0 Å². The molecule has 2 unspecified atom stereocenters. The van der Waals surface area contributed by atoms with Crippen LogP contribution in [0, 0.1) is 0 Å². The number of amides is 2. The predicted octanol–water partition coefficient (Wildman–Crippen LogP) is 2.82. The van der Waals surface area contributed by atoms with Crippen LogP contribution < -0.4 is 16.0 Å². The lowest BCUT2D eigenvalue weighted by Gasteiger charge is -2.42. The van der Waals surface area contributed by atoms with Gasteiger partial charge in [-0.25, -0.2) is 4.68 Å². The first kappa shape index (κ1) is 29.0. The predicted molar refractivity (Wildman–Crippen MR) is 161 cm³/mol.